The monoisotopic (exact) mass is 282 g/mol. The van der Waals surface area contributed by atoms with Gasteiger partial charge in [-0.25, -0.2) is 0 Å². The number of carbonyl (C=O) groups is 1. The van der Waals surface area contributed by atoms with E-state index in [0.717, 1.165) is 12.8 Å². The van der Waals surface area contributed by atoms with Gasteiger partial charge in [0.15, 0.2) is 0 Å². The van der Waals surface area contributed by atoms with Gasteiger partial charge < -0.3 is 10.6 Å². The number of benzene rings is 1. The first-order chi connectivity index (χ1) is 8.66. The molecule has 1 aromatic rings. The van der Waals surface area contributed by atoms with Crippen molar-refractivity contribution in [2.75, 3.05) is 7.05 Å². The van der Waals surface area contributed by atoms with Crippen molar-refractivity contribution in [3.8, 4) is 0 Å². The number of nitrogens with two attached hydrogens (primary N) is 1. The molecule has 3 nitrogen and oxygen atoms in total. The number of amides is 1. The highest BCUT2D eigenvalue weighted by Crippen LogP contribution is 2.27. The third-order valence-electron chi connectivity index (χ3n) is 3.84. The van der Waals surface area contributed by atoms with Gasteiger partial charge in [0.1, 0.15) is 0 Å². The third-order valence-corrected chi connectivity index (χ3v) is 3.84. The standard InChI is InChI=1S/C15H22N2O.ClH/c1-17(11-12-6-3-2-4-7-12)15(18)10-13-8-5-9-14(13)16;/h2-4,6-7,13-14H,5,8-11,16H2,1H3;1H/t13-,14+;/m0./s1. The van der Waals surface area contributed by atoms with Gasteiger partial charge in [-0.05, 0) is 24.3 Å². The molecule has 1 saturated carbocycles. The molecule has 0 heterocycles. The van der Waals surface area contributed by atoms with Crippen LogP contribution in [0.1, 0.15) is 31.2 Å². The van der Waals surface area contributed by atoms with E-state index in [4.69, 9.17) is 5.73 Å². The third kappa shape index (κ3) is 4.51. The van der Waals surface area contributed by atoms with Crippen LogP contribution in [0.5, 0.6) is 0 Å². The summed E-state index contributed by atoms with van der Waals surface area (Å²) in [6, 6.07) is 10.3. The van der Waals surface area contributed by atoms with E-state index in [1.807, 2.05) is 37.4 Å². The zero-order chi connectivity index (χ0) is 13.0. The summed E-state index contributed by atoms with van der Waals surface area (Å²) in [6.07, 6.45) is 3.94. The van der Waals surface area contributed by atoms with Gasteiger partial charge in [0, 0.05) is 26.1 Å². The first kappa shape index (κ1) is 16.0. The fourth-order valence-corrected chi connectivity index (χ4v) is 2.64. The van der Waals surface area contributed by atoms with Crippen LogP contribution in [0.25, 0.3) is 0 Å². The Hall–Kier alpha value is -1.06. The van der Waals surface area contributed by atoms with Crippen molar-refractivity contribution in [3.63, 3.8) is 0 Å². The highest BCUT2D eigenvalue weighted by atomic mass is 35.5. The number of halogens is 1. The summed E-state index contributed by atoms with van der Waals surface area (Å²) in [7, 11) is 1.87. The summed E-state index contributed by atoms with van der Waals surface area (Å²) in [5, 5.41) is 0. The molecule has 0 unspecified atom stereocenters. The van der Waals surface area contributed by atoms with Crippen molar-refractivity contribution in [3.05, 3.63) is 35.9 Å². The maximum atomic E-state index is 12.1. The quantitative estimate of drug-likeness (QED) is 0.923. The van der Waals surface area contributed by atoms with Crippen molar-refractivity contribution in [2.45, 2.75) is 38.3 Å². The molecule has 4 heteroatoms. The topological polar surface area (TPSA) is 46.3 Å². The van der Waals surface area contributed by atoms with E-state index < -0.39 is 0 Å². The normalized spacial score (nSPS) is 21.8. The predicted molar refractivity (Wildman–Crippen MR) is 80.1 cm³/mol. The maximum Gasteiger partial charge on any atom is 0.222 e. The van der Waals surface area contributed by atoms with E-state index in [-0.39, 0.29) is 24.4 Å². The number of carbonyl (C=O) groups excluding carboxylic acids is 1. The molecule has 19 heavy (non-hydrogen) atoms. The van der Waals surface area contributed by atoms with Crippen molar-refractivity contribution in [1.82, 2.24) is 4.90 Å². The lowest BCUT2D eigenvalue weighted by molar-refractivity contribution is -0.131. The molecule has 0 aliphatic heterocycles. The average molecular weight is 283 g/mol. The molecular weight excluding hydrogens is 260 g/mol. The molecule has 2 rings (SSSR count). The molecule has 2 N–H and O–H groups in total. The van der Waals surface area contributed by atoms with E-state index in [0.29, 0.717) is 18.9 Å². The zero-order valence-electron chi connectivity index (χ0n) is 11.4. The number of hydrogen-bond acceptors (Lipinski definition) is 2. The molecule has 1 aliphatic carbocycles. The van der Waals surface area contributed by atoms with Gasteiger partial charge in [-0.15, -0.1) is 12.4 Å². The smallest absolute Gasteiger partial charge is 0.222 e. The highest BCUT2D eigenvalue weighted by Gasteiger charge is 2.27. The molecule has 0 bridgehead atoms. The summed E-state index contributed by atoms with van der Waals surface area (Å²) in [5.74, 6) is 0.594. The number of hydrogen-bond donors (Lipinski definition) is 1. The van der Waals surface area contributed by atoms with Crippen LogP contribution in [0.4, 0.5) is 0 Å². The molecule has 106 valence electrons. The van der Waals surface area contributed by atoms with Crippen LogP contribution in [0.2, 0.25) is 0 Å². The summed E-state index contributed by atoms with van der Waals surface area (Å²) in [5.41, 5.74) is 7.18. The number of rotatable bonds is 4. The molecular formula is C15H23ClN2O. The van der Waals surface area contributed by atoms with Gasteiger partial charge in [0.2, 0.25) is 5.91 Å². The molecule has 1 amide bonds. The Bertz CT molecular complexity index is 396. The molecule has 0 aromatic heterocycles. The minimum absolute atomic E-state index is 0. The largest absolute Gasteiger partial charge is 0.341 e. The van der Waals surface area contributed by atoms with E-state index in [1.54, 1.807) is 4.90 Å². The summed E-state index contributed by atoms with van der Waals surface area (Å²) in [6.45, 7) is 0.682. The predicted octanol–water partition coefficient (Wildman–Crippen LogP) is 2.58. The summed E-state index contributed by atoms with van der Waals surface area (Å²) in [4.78, 5) is 13.9. The lowest BCUT2D eigenvalue weighted by atomic mass is 9.99. The second kappa shape index (κ2) is 7.51. The van der Waals surface area contributed by atoms with Gasteiger partial charge >= 0.3 is 0 Å². The average Bonchev–Trinajstić information content (AvgIpc) is 2.76. The van der Waals surface area contributed by atoms with Gasteiger partial charge in [0.05, 0.1) is 0 Å². The molecule has 0 saturated heterocycles. The Balaban J connectivity index is 0.00000180. The molecule has 2 atom stereocenters. The van der Waals surface area contributed by atoms with Crippen molar-refractivity contribution in [2.24, 2.45) is 11.7 Å². The lowest BCUT2D eigenvalue weighted by Crippen LogP contribution is -2.32. The van der Waals surface area contributed by atoms with Crippen LogP contribution in [-0.4, -0.2) is 23.9 Å². The first-order valence-corrected chi connectivity index (χ1v) is 6.70. The fraction of sp³-hybridized carbons (Fsp3) is 0.533. The number of nitrogens with zero attached hydrogens (tertiary/aromatic N) is 1. The van der Waals surface area contributed by atoms with Crippen LogP contribution >= 0.6 is 12.4 Å². The van der Waals surface area contributed by atoms with E-state index in [1.165, 1.54) is 12.0 Å². The lowest BCUT2D eigenvalue weighted by Gasteiger charge is -2.21. The Morgan fingerprint density at radius 1 is 1.32 bits per heavy atom. The molecule has 1 aliphatic rings. The maximum absolute atomic E-state index is 12.1. The minimum atomic E-state index is 0. The molecule has 0 spiro atoms. The van der Waals surface area contributed by atoms with Crippen LogP contribution in [0.15, 0.2) is 30.3 Å². The molecule has 1 fully saturated rings. The molecule has 0 radical (unpaired) electrons. The van der Waals surface area contributed by atoms with E-state index in [9.17, 15) is 4.79 Å². The van der Waals surface area contributed by atoms with Crippen LogP contribution < -0.4 is 5.73 Å². The van der Waals surface area contributed by atoms with Gasteiger partial charge in [0.25, 0.3) is 0 Å². The van der Waals surface area contributed by atoms with E-state index >= 15 is 0 Å². The van der Waals surface area contributed by atoms with Crippen LogP contribution in [0, 0.1) is 5.92 Å². The van der Waals surface area contributed by atoms with Crippen LogP contribution in [0.3, 0.4) is 0 Å². The highest BCUT2D eigenvalue weighted by molar-refractivity contribution is 5.85. The Kier molecular flexibility index (Phi) is 6.32. The van der Waals surface area contributed by atoms with Crippen LogP contribution in [-0.2, 0) is 11.3 Å². The minimum Gasteiger partial charge on any atom is -0.341 e. The SMILES string of the molecule is CN(Cc1ccccc1)C(=O)C[C@@H]1CCC[C@H]1N.Cl. The Morgan fingerprint density at radius 3 is 2.58 bits per heavy atom. The fourth-order valence-electron chi connectivity index (χ4n) is 2.64. The Morgan fingerprint density at radius 2 is 2.00 bits per heavy atom. The van der Waals surface area contributed by atoms with Gasteiger partial charge in [-0.2, -0.15) is 0 Å². The second-order valence-corrected chi connectivity index (χ2v) is 5.29. The van der Waals surface area contributed by atoms with Gasteiger partial charge in [-0.3, -0.25) is 4.79 Å². The Labute approximate surface area is 121 Å². The van der Waals surface area contributed by atoms with Gasteiger partial charge in [-0.1, -0.05) is 36.8 Å². The van der Waals surface area contributed by atoms with Crippen molar-refractivity contribution in [1.29, 1.82) is 0 Å². The first-order valence-electron chi connectivity index (χ1n) is 6.70. The van der Waals surface area contributed by atoms with Crippen molar-refractivity contribution >= 4 is 18.3 Å². The summed E-state index contributed by atoms with van der Waals surface area (Å²) < 4.78 is 0. The summed E-state index contributed by atoms with van der Waals surface area (Å²) >= 11 is 0. The van der Waals surface area contributed by atoms with E-state index in [2.05, 4.69) is 0 Å². The van der Waals surface area contributed by atoms with Crippen molar-refractivity contribution < 1.29 is 4.79 Å². The zero-order valence-corrected chi connectivity index (χ0v) is 12.2. The molecule has 1 aromatic carbocycles. The second-order valence-electron chi connectivity index (χ2n) is 5.29.